The minimum Gasteiger partial charge on any atom is -0.464 e. The van der Waals surface area contributed by atoms with Gasteiger partial charge in [-0.2, -0.15) is 0 Å². The monoisotopic (exact) mass is 184 g/mol. The average Bonchev–Trinajstić information content (AvgIpc) is 2.08. The van der Waals surface area contributed by atoms with E-state index in [-0.39, 0.29) is 11.5 Å². The van der Waals surface area contributed by atoms with Gasteiger partial charge in [0.1, 0.15) is 5.82 Å². The van der Waals surface area contributed by atoms with E-state index in [1.54, 1.807) is 6.07 Å². The number of carbonyl (C=O) groups is 1. The van der Waals surface area contributed by atoms with E-state index < -0.39 is 5.97 Å². The molecule has 0 saturated carbocycles. The van der Waals surface area contributed by atoms with Gasteiger partial charge in [0.15, 0.2) is 5.69 Å². The van der Waals surface area contributed by atoms with Crippen molar-refractivity contribution in [3.05, 3.63) is 17.8 Å². The highest BCUT2D eigenvalue weighted by atomic mass is 32.1. The SMILES string of the molecule is COC(=O)c1ccc(S)c(N)n1. The lowest BCUT2D eigenvalue weighted by atomic mass is 10.3. The molecule has 0 aromatic carbocycles. The number of rotatable bonds is 1. The fraction of sp³-hybridized carbons (Fsp3) is 0.143. The highest BCUT2D eigenvalue weighted by molar-refractivity contribution is 7.80. The molecule has 0 saturated heterocycles. The Bertz CT molecular complexity index is 314. The third kappa shape index (κ3) is 1.68. The van der Waals surface area contributed by atoms with Crippen LogP contribution in [0.3, 0.4) is 0 Å². The van der Waals surface area contributed by atoms with Gasteiger partial charge in [-0.3, -0.25) is 0 Å². The van der Waals surface area contributed by atoms with Crippen LogP contribution in [0.1, 0.15) is 10.5 Å². The molecular weight excluding hydrogens is 176 g/mol. The van der Waals surface area contributed by atoms with E-state index >= 15 is 0 Å². The average molecular weight is 184 g/mol. The third-order valence-corrected chi connectivity index (χ3v) is 1.68. The van der Waals surface area contributed by atoms with Crippen LogP contribution in [0.15, 0.2) is 17.0 Å². The number of esters is 1. The first kappa shape index (κ1) is 8.86. The molecule has 1 aromatic heterocycles. The number of carbonyl (C=O) groups excluding carboxylic acids is 1. The summed E-state index contributed by atoms with van der Waals surface area (Å²) in [4.78, 5) is 15.2. The Morgan fingerprint density at radius 3 is 2.83 bits per heavy atom. The van der Waals surface area contributed by atoms with Crippen molar-refractivity contribution < 1.29 is 9.53 Å². The van der Waals surface area contributed by atoms with Crippen molar-refractivity contribution in [1.29, 1.82) is 0 Å². The summed E-state index contributed by atoms with van der Waals surface area (Å²) in [6.45, 7) is 0. The van der Waals surface area contributed by atoms with Crippen molar-refractivity contribution in [3.63, 3.8) is 0 Å². The van der Waals surface area contributed by atoms with Gasteiger partial charge >= 0.3 is 5.97 Å². The largest absolute Gasteiger partial charge is 0.464 e. The van der Waals surface area contributed by atoms with Gasteiger partial charge in [-0.1, -0.05) is 0 Å². The Kier molecular flexibility index (Phi) is 2.54. The van der Waals surface area contributed by atoms with Crippen molar-refractivity contribution in [1.82, 2.24) is 4.98 Å². The molecule has 0 atom stereocenters. The molecule has 0 aliphatic heterocycles. The number of pyridine rings is 1. The molecule has 2 N–H and O–H groups in total. The molecule has 5 heteroatoms. The van der Waals surface area contributed by atoms with Gasteiger partial charge in [-0.25, -0.2) is 9.78 Å². The van der Waals surface area contributed by atoms with Crippen LogP contribution in [0.2, 0.25) is 0 Å². The number of aromatic nitrogens is 1. The number of nitrogen functional groups attached to an aromatic ring is 1. The quantitative estimate of drug-likeness (QED) is 0.499. The predicted octanol–water partition coefficient (Wildman–Crippen LogP) is 0.739. The molecule has 0 fully saturated rings. The Hall–Kier alpha value is -1.23. The van der Waals surface area contributed by atoms with Crippen molar-refractivity contribution in [2.75, 3.05) is 12.8 Å². The minimum atomic E-state index is -0.505. The van der Waals surface area contributed by atoms with Gasteiger partial charge in [-0.05, 0) is 12.1 Å². The number of ether oxygens (including phenoxy) is 1. The zero-order valence-electron chi connectivity index (χ0n) is 6.44. The molecule has 0 aliphatic rings. The smallest absolute Gasteiger partial charge is 0.356 e. The maximum Gasteiger partial charge on any atom is 0.356 e. The number of methoxy groups -OCH3 is 1. The molecule has 1 rings (SSSR count). The van der Waals surface area contributed by atoms with Gasteiger partial charge in [0.25, 0.3) is 0 Å². The Balaban J connectivity index is 3.05. The summed E-state index contributed by atoms with van der Waals surface area (Å²) in [6.07, 6.45) is 0. The maximum atomic E-state index is 10.9. The predicted molar refractivity (Wildman–Crippen MR) is 47.2 cm³/mol. The Morgan fingerprint density at radius 2 is 2.33 bits per heavy atom. The second kappa shape index (κ2) is 3.44. The molecule has 64 valence electrons. The van der Waals surface area contributed by atoms with Crippen molar-refractivity contribution in [3.8, 4) is 0 Å². The first-order valence-corrected chi connectivity index (χ1v) is 3.63. The summed E-state index contributed by atoms with van der Waals surface area (Å²) < 4.78 is 4.45. The fourth-order valence-corrected chi connectivity index (χ4v) is 0.810. The first-order valence-electron chi connectivity index (χ1n) is 3.19. The van der Waals surface area contributed by atoms with E-state index in [0.29, 0.717) is 4.90 Å². The van der Waals surface area contributed by atoms with Crippen LogP contribution >= 0.6 is 12.6 Å². The fourth-order valence-electron chi connectivity index (χ4n) is 0.686. The number of nitrogens with zero attached hydrogens (tertiary/aromatic N) is 1. The molecule has 0 radical (unpaired) electrons. The topological polar surface area (TPSA) is 65.2 Å². The van der Waals surface area contributed by atoms with Gasteiger partial charge < -0.3 is 10.5 Å². The molecule has 1 heterocycles. The molecule has 1 aromatic rings. The first-order chi connectivity index (χ1) is 5.65. The normalized spacial score (nSPS) is 9.50. The molecule has 4 nitrogen and oxygen atoms in total. The van der Waals surface area contributed by atoms with Crippen LogP contribution < -0.4 is 5.73 Å². The van der Waals surface area contributed by atoms with Crippen LogP contribution in [0.4, 0.5) is 5.82 Å². The lowest BCUT2D eigenvalue weighted by molar-refractivity contribution is 0.0594. The summed E-state index contributed by atoms with van der Waals surface area (Å²) >= 11 is 4.00. The standard InChI is InChI=1S/C7H8N2O2S/c1-11-7(10)4-2-3-5(12)6(8)9-4/h2-3,12H,1H3,(H2,8,9). The molecule has 0 amide bonds. The van der Waals surface area contributed by atoms with Crippen molar-refractivity contribution in [2.45, 2.75) is 4.90 Å². The van der Waals surface area contributed by atoms with E-state index in [1.807, 2.05) is 0 Å². The highest BCUT2D eigenvalue weighted by Crippen LogP contribution is 2.13. The zero-order valence-corrected chi connectivity index (χ0v) is 7.34. The van der Waals surface area contributed by atoms with E-state index in [4.69, 9.17) is 5.73 Å². The Labute approximate surface area is 75.2 Å². The van der Waals surface area contributed by atoms with Gasteiger partial charge in [-0.15, -0.1) is 12.6 Å². The van der Waals surface area contributed by atoms with Crippen LogP contribution in [0, 0.1) is 0 Å². The van der Waals surface area contributed by atoms with Crippen LogP contribution in [0.5, 0.6) is 0 Å². The third-order valence-electron chi connectivity index (χ3n) is 1.30. The summed E-state index contributed by atoms with van der Waals surface area (Å²) in [5, 5.41) is 0. The van der Waals surface area contributed by atoms with Gasteiger partial charge in [0, 0.05) is 4.90 Å². The number of hydrogen-bond acceptors (Lipinski definition) is 5. The number of nitrogens with two attached hydrogens (primary N) is 1. The summed E-state index contributed by atoms with van der Waals surface area (Å²) in [5.74, 6) is -0.281. The summed E-state index contributed by atoms with van der Waals surface area (Å²) in [7, 11) is 1.29. The van der Waals surface area contributed by atoms with E-state index in [9.17, 15) is 4.79 Å². The second-order valence-corrected chi connectivity index (χ2v) is 2.57. The second-order valence-electron chi connectivity index (χ2n) is 2.09. The van der Waals surface area contributed by atoms with Crippen molar-refractivity contribution in [2.24, 2.45) is 0 Å². The van der Waals surface area contributed by atoms with E-state index in [1.165, 1.54) is 13.2 Å². The molecule has 0 bridgehead atoms. The summed E-state index contributed by atoms with van der Waals surface area (Å²) in [5.41, 5.74) is 5.61. The number of hydrogen-bond donors (Lipinski definition) is 2. The lowest BCUT2D eigenvalue weighted by Crippen LogP contribution is -2.06. The number of thiol groups is 1. The minimum absolute atomic E-state index is 0.188. The zero-order chi connectivity index (χ0) is 9.14. The van der Waals surface area contributed by atoms with E-state index in [2.05, 4.69) is 22.3 Å². The van der Waals surface area contributed by atoms with Crippen LogP contribution in [-0.2, 0) is 4.74 Å². The van der Waals surface area contributed by atoms with Gasteiger partial charge in [0.2, 0.25) is 0 Å². The van der Waals surface area contributed by atoms with Gasteiger partial charge in [0.05, 0.1) is 7.11 Å². The van der Waals surface area contributed by atoms with E-state index in [0.717, 1.165) is 0 Å². The molecule has 12 heavy (non-hydrogen) atoms. The summed E-state index contributed by atoms with van der Waals surface area (Å²) in [6, 6.07) is 3.10. The Morgan fingerprint density at radius 1 is 1.67 bits per heavy atom. The molecular formula is C7H8N2O2S. The lowest BCUT2D eigenvalue weighted by Gasteiger charge is -2.00. The van der Waals surface area contributed by atoms with Crippen LogP contribution in [-0.4, -0.2) is 18.1 Å². The molecule has 0 unspecified atom stereocenters. The molecule has 0 aliphatic carbocycles. The maximum absolute atomic E-state index is 10.9. The van der Waals surface area contributed by atoms with Crippen LogP contribution in [0.25, 0.3) is 0 Å². The highest BCUT2D eigenvalue weighted by Gasteiger charge is 2.07. The number of anilines is 1. The molecule has 0 spiro atoms. The van der Waals surface area contributed by atoms with Crippen molar-refractivity contribution >= 4 is 24.4 Å².